The zero-order valence-corrected chi connectivity index (χ0v) is 27.1. The number of hydrogen-bond acceptors (Lipinski definition) is 6. The van der Waals surface area contributed by atoms with Crippen LogP contribution in [0.2, 0.25) is 10.0 Å². The molecule has 3 aromatic carbocycles. The summed E-state index contributed by atoms with van der Waals surface area (Å²) in [5.41, 5.74) is 1.11. The number of rotatable bonds is 6. The average Bonchev–Trinajstić information content (AvgIpc) is 3.28. The van der Waals surface area contributed by atoms with Crippen molar-refractivity contribution in [2.45, 2.75) is 30.6 Å². The van der Waals surface area contributed by atoms with Gasteiger partial charge in [0.1, 0.15) is 11.1 Å². The Balaban J connectivity index is 0.00000200. The van der Waals surface area contributed by atoms with Gasteiger partial charge >= 0.3 is 41.2 Å². The van der Waals surface area contributed by atoms with Crippen LogP contribution in [-0.4, -0.2) is 25.8 Å². The van der Waals surface area contributed by atoms with Crippen LogP contribution >= 0.6 is 23.2 Å². The molecule has 1 N–H and O–H groups in total. The van der Waals surface area contributed by atoms with Gasteiger partial charge in [-0.25, -0.2) is 0 Å². The average molecular weight is 798 g/mol. The molecule has 0 amide bonds. The maximum absolute atomic E-state index is 14.0. The summed E-state index contributed by atoms with van der Waals surface area (Å²) in [7, 11) is -4.31. The van der Waals surface area contributed by atoms with Crippen molar-refractivity contribution in [3.8, 4) is 5.75 Å². The second-order valence-electron chi connectivity index (χ2n) is 8.39. The molecule has 38 heavy (non-hydrogen) atoms. The van der Waals surface area contributed by atoms with Gasteiger partial charge in [-0.3, -0.25) is 10.1 Å². The molecule has 0 bridgehead atoms. The third kappa shape index (κ3) is 6.31. The second-order valence-corrected chi connectivity index (χ2v) is 10.8. The van der Waals surface area contributed by atoms with Crippen molar-refractivity contribution in [3.05, 3.63) is 112 Å². The predicted octanol–water partition coefficient (Wildman–Crippen LogP) is 5.38. The largest absolute Gasteiger partial charge is 2.00 e. The molecule has 0 saturated carbocycles. The molecule has 0 aliphatic carbocycles. The molecular formula is C27H24Cl2N2O5SU. The first-order valence-corrected chi connectivity index (χ1v) is 13.3. The summed E-state index contributed by atoms with van der Waals surface area (Å²) in [6, 6.07) is 20.2. The van der Waals surface area contributed by atoms with Gasteiger partial charge in [0, 0.05) is 22.0 Å². The summed E-state index contributed by atoms with van der Waals surface area (Å²) in [5, 5.41) is 4.33. The van der Waals surface area contributed by atoms with Crippen LogP contribution < -0.4 is 15.1 Å². The summed E-state index contributed by atoms with van der Waals surface area (Å²) in [4.78, 5) is 13.9. The van der Waals surface area contributed by atoms with E-state index in [2.05, 4.69) is 11.4 Å². The van der Waals surface area contributed by atoms with Gasteiger partial charge in [-0.05, 0) is 49.4 Å². The quantitative estimate of drug-likeness (QED) is 0.209. The van der Waals surface area contributed by atoms with Crippen molar-refractivity contribution in [3.63, 3.8) is 0 Å². The molecule has 1 aliphatic rings. The number of ether oxygens (including phenoxy) is 1. The number of pyridine rings is 1. The van der Waals surface area contributed by atoms with Gasteiger partial charge in [0.15, 0.2) is 5.75 Å². The first-order valence-electron chi connectivity index (χ1n) is 11.1. The molecule has 1 fully saturated rings. The van der Waals surface area contributed by atoms with E-state index in [0.717, 1.165) is 5.56 Å². The van der Waals surface area contributed by atoms with Crippen molar-refractivity contribution >= 4 is 44.2 Å². The van der Waals surface area contributed by atoms with Crippen molar-refractivity contribution in [1.82, 2.24) is 9.88 Å². The third-order valence-electron chi connectivity index (χ3n) is 5.93. The molecular weight excluding hydrogens is 773 g/mol. The standard InChI is InChI=1S/C26H21Cl2N2O5S.CH3.U/c1-16-29-22(15-34-16)24-25(35-36(32,33)20-10-7-18(27)8-11-20)21-13-19(28)9-12-23(21)30(26(24)31)14-17-5-3-2-4-6-17;;/h3-13,16,22,29H,14-15H2,1H3;1H3;/q2*-1;+2. The van der Waals surface area contributed by atoms with Gasteiger partial charge < -0.3 is 20.9 Å². The fourth-order valence-electron chi connectivity index (χ4n) is 4.23. The number of fused-ring (bicyclic) bond motifs is 1. The molecule has 1 aromatic heterocycles. The smallest absolute Gasteiger partial charge is 0.378 e. The van der Waals surface area contributed by atoms with Gasteiger partial charge in [0.05, 0.1) is 23.7 Å². The van der Waals surface area contributed by atoms with E-state index in [-0.39, 0.29) is 74.1 Å². The molecule has 2 heterocycles. The van der Waals surface area contributed by atoms with Crippen molar-refractivity contribution < 1.29 is 48.5 Å². The molecule has 4 aromatic rings. The van der Waals surface area contributed by atoms with Crippen LogP contribution in [0.25, 0.3) is 10.9 Å². The molecule has 2 unspecified atom stereocenters. The second kappa shape index (κ2) is 12.6. The molecule has 196 valence electrons. The van der Waals surface area contributed by atoms with Gasteiger partial charge in [0.2, 0.25) is 0 Å². The van der Waals surface area contributed by atoms with E-state index in [1.54, 1.807) is 34.9 Å². The fourth-order valence-corrected chi connectivity index (χ4v) is 5.49. The first-order chi connectivity index (χ1) is 17.2. The summed E-state index contributed by atoms with van der Waals surface area (Å²) in [6.07, 6.45) is -0.330. The number of nitrogens with zero attached hydrogens (tertiary/aromatic N) is 1. The Hall–Kier alpha value is -1.83. The Morgan fingerprint density at radius 2 is 1.74 bits per heavy atom. The van der Waals surface area contributed by atoms with Gasteiger partial charge in [0.25, 0.3) is 5.56 Å². The summed E-state index contributed by atoms with van der Waals surface area (Å²) < 4.78 is 39.5. The van der Waals surface area contributed by atoms with Crippen molar-refractivity contribution in [1.29, 1.82) is 0 Å². The van der Waals surface area contributed by atoms with E-state index >= 15 is 0 Å². The maximum Gasteiger partial charge on any atom is 2.00 e. The van der Waals surface area contributed by atoms with Crippen LogP contribution in [0.4, 0.5) is 0 Å². The number of halogens is 2. The van der Waals surface area contributed by atoms with E-state index in [9.17, 15) is 13.2 Å². The van der Waals surface area contributed by atoms with E-state index < -0.39 is 21.7 Å². The SMILES string of the molecule is CC1NC(c2c(OS(=O)(=O)c3ccc(Cl)cc3)c3cc(Cl)ccc3n(Cc3cc[c-]cc3)c2=O)CO1.[CH3-].[U+2]. The van der Waals surface area contributed by atoms with Crippen LogP contribution in [0.3, 0.4) is 0 Å². The Morgan fingerprint density at radius 3 is 2.37 bits per heavy atom. The minimum absolute atomic E-state index is 0. The Bertz CT molecular complexity index is 1600. The fraction of sp³-hybridized carbons (Fsp3) is 0.185. The predicted molar refractivity (Wildman–Crippen MR) is 145 cm³/mol. The van der Waals surface area contributed by atoms with Crippen LogP contribution in [0.15, 0.2) is 76.4 Å². The molecule has 0 radical (unpaired) electrons. The minimum Gasteiger partial charge on any atom is -0.378 e. The monoisotopic (exact) mass is 796 g/mol. The van der Waals surface area contributed by atoms with Gasteiger partial charge in [-0.2, -0.15) is 38.7 Å². The molecule has 7 nitrogen and oxygen atoms in total. The van der Waals surface area contributed by atoms with E-state index in [1.807, 2.05) is 19.1 Å². The summed E-state index contributed by atoms with van der Waals surface area (Å²) >= 11 is 12.3. The number of nitrogens with one attached hydrogen (secondary N) is 1. The summed E-state index contributed by atoms with van der Waals surface area (Å²) in [6.45, 7) is 2.23. The number of benzene rings is 3. The van der Waals surface area contributed by atoms with E-state index in [0.29, 0.717) is 20.9 Å². The molecule has 1 saturated heterocycles. The van der Waals surface area contributed by atoms with E-state index in [1.165, 1.54) is 24.3 Å². The number of aromatic nitrogens is 1. The molecule has 11 heteroatoms. The minimum atomic E-state index is -4.31. The Kier molecular flexibility index (Phi) is 10.2. The molecule has 0 spiro atoms. The van der Waals surface area contributed by atoms with Gasteiger partial charge in [-0.1, -0.05) is 23.2 Å². The zero-order chi connectivity index (χ0) is 25.4. The number of hydrogen-bond donors (Lipinski definition) is 1. The molecule has 5 rings (SSSR count). The topological polar surface area (TPSA) is 86.6 Å². The first kappa shape index (κ1) is 30.7. The third-order valence-corrected chi connectivity index (χ3v) is 7.66. The molecule has 2 atom stereocenters. The normalized spacial score (nSPS) is 17.0. The van der Waals surface area contributed by atoms with Crippen LogP contribution in [0.5, 0.6) is 5.75 Å². The maximum atomic E-state index is 14.0. The Labute approximate surface area is 255 Å². The van der Waals surface area contributed by atoms with E-state index in [4.69, 9.17) is 32.1 Å². The van der Waals surface area contributed by atoms with Crippen molar-refractivity contribution in [2.24, 2.45) is 0 Å². The van der Waals surface area contributed by atoms with Gasteiger partial charge in [-0.15, -0.1) is 5.56 Å². The summed E-state index contributed by atoms with van der Waals surface area (Å²) in [5.74, 6) is -0.0831. The van der Waals surface area contributed by atoms with Crippen LogP contribution in [0.1, 0.15) is 24.1 Å². The Morgan fingerprint density at radius 1 is 1.08 bits per heavy atom. The van der Waals surface area contributed by atoms with Crippen molar-refractivity contribution in [2.75, 3.05) is 6.61 Å². The van der Waals surface area contributed by atoms with Crippen LogP contribution in [0, 0.1) is 44.6 Å². The molecule has 1 aliphatic heterocycles. The zero-order valence-electron chi connectivity index (χ0n) is 20.6. The van der Waals surface area contributed by atoms with Crippen LogP contribution in [-0.2, 0) is 21.4 Å².